The second kappa shape index (κ2) is 5.24. The summed E-state index contributed by atoms with van der Waals surface area (Å²) in [5.74, 6) is 0.379. The second-order valence-corrected chi connectivity index (χ2v) is 4.51. The van der Waals surface area contributed by atoms with Crippen LogP contribution in [0.15, 0.2) is 23.3 Å². The van der Waals surface area contributed by atoms with E-state index in [1.54, 1.807) is 0 Å². The number of carbonyl (C=O) groups excluding carboxylic acids is 2. The Hall–Kier alpha value is -1.18. The van der Waals surface area contributed by atoms with Crippen LogP contribution in [-0.2, 0) is 9.59 Å². The van der Waals surface area contributed by atoms with E-state index >= 15 is 0 Å². The predicted octanol–water partition coefficient (Wildman–Crippen LogP) is 3.08. The average molecular weight is 220 g/mol. The minimum atomic E-state index is 0.0178. The van der Waals surface area contributed by atoms with Crippen LogP contribution in [0.4, 0.5) is 0 Å². The maximum Gasteiger partial charge on any atom is 0.182 e. The molecule has 0 heterocycles. The van der Waals surface area contributed by atoms with Crippen molar-refractivity contribution in [3.63, 3.8) is 0 Å². The Morgan fingerprint density at radius 2 is 1.19 bits per heavy atom. The second-order valence-electron chi connectivity index (χ2n) is 4.51. The molecule has 0 spiro atoms. The van der Waals surface area contributed by atoms with E-state index in [2.05, 4.69) is 0 Å². The molecular weight excluding hydrogens is 200 g/mol. The molecule has 0 aromatic rings. The molecule has 0 fully saturated rings. The Balaban J connectivity index is 3.25. The largest absolute Gasteiger partial charge is 0.290 e. The zero-order valence-electron chi connectivity index (χ0n) is 10.5. The first-order chi connectivity index (χ1) is 7.52. The van der Waals surface area contributed by atoms with Crippen LogP contribution < -0.4 is 0 Å². The first-order valence-corrected chi connectivity index (χ1v) is 6.03. The number of ketones is 2. The molecule has 0 N–H and O–H groups in total. The van der Waals surface area contributed by atoms with E-state index in [1.165, 1.54) is 12.2 Å². The van der Waals surface area contributed by atoms with Gasteiger partial charge in [-0.2, -0.15) is 0 Å². The number of hydrogen-bond acceptors (Lipinski definition) is 2. The monoisotopic (exact) mass is 220 g/mol. The van der Waals surface area contributed by atoms with Gasteiger partial charge in [-0.05, 0) is 36.8 Å². The van der Waals surface area contributed by atoms with Crippen molar-refractivity contribution in [1.82, 2.24) is 0 Å². The number of hydrogen-bond donors (Lipinski definition) is 0. The lowest BCUT2D eigenvalue weighted by Gasteiger charge is -2.23. The maximum absolute atomic E-state index is 11.9. The highest BCUT2D eigenvalue weighted by Crippen LogP contribution is 2.29. The lowest BCUT2D eigenvalue weighted by Crippen LogP contribution is -2.23. The van der Waals surface area contributed by atoms with Crippen LogP contribution in [0.3, 0.4) is 0 Å². The molecule has 0 saturated heterocycles. The van der Waals surface area contributed by atoms with E-state index in [4.69, 9.17) is 0 Å². The lowest BCUT2D eigenvalue weighted by atomic mass is 9.79. The third kappa shape index (κ3) is 2.31. The topological polar surface area (TPSA) is 34.1 Å². The third-order valence-electron chi connectivity index (χ3n) is 3.42. The highest BCUT2D eigenvalue weighted by atomic mass is 16.1. The van der Waals surface area contributed by atoms with Gasteiger partial charge < -0.3 is 0 Å². The summed E-state index contributed by atoms with van der Waals surface area (Å²) in [4.78, 5) is 23.7. The van der Waals surface area contributed by atoms with Gasteiger partial charge in [-0.15, -0.1) is 0 Å². The van der Waals surface area contributed by atoms with Gasteiger partial charge in [0.25, 0.3) is 0 Å². The fraction of sp³-hybridized carbons (Fsp3) is 0.571. The van der Waals surface area contributed by atoms with Crippen molar-refractivity contribution in [2.24, 2.45) is 11.8 Å². The molecule has 0 bridgehead atoms. The zero-order chi connectivity index (χ0) is 12.3. The summed E-state index contributed by atoms with van der Waals surface area (Å²) in [5, 5.41) is 0. The molecule has 88 valence electrons. The third-order valence-corrected chi connectivity index (χ3v) is 3.42. The van der Waals surface area contributed by atoms with Gasteiger partial charge in [0.15, 0.2) is 11.6 Å². The van der Waals surface area contributed by atoms with Gasteiger partial charge >= 0.3 is 0 Å². The van der Waals surface area contributed by atoms with E-state index in [9.17, 15) is 9.59 Å². The van der Waals surface area contributed by atoms with E-state index in [0.717, 1.165) is 24.0 Å². The number of rotatable bonds is 4. The molecule has 0 aromatic heterocycles. The Bertz CT molecular complexity index is 327. The Morgan fingerprint density at radius 3 is 1.44 bits per heavy atom. The van der Waals surface area contributed by atoms with Crippen LogP contribution in [0.25, 0.3) is 0 Å². The van der Waals surface area contributed by atoms with Crippen molar-refractivity contribution in [2.75, 3.05) is 0 Å². The summed E-state index contributed by atoms with van der Waals surface area (Å²) >= 11 is 0. The molecule has 2 heteroatoms. The van der Waals surface area contributed by atoms with Crippen molar-refractivity contribution in [1.29, 1.82) is 0 Å². The molecule has 2 atom stereocenters. The Kier molecular flexibility index (Phi) is 4.22. The molecule has 0 radical (unpaired) electrons. The molecule has 0 aromatic carbocycles. The highest BCUT2D eigenvalue weighted by molar-refractivity contribution is 6.20. The fourth-order valence-electron chi connectivity index (χ4n) is 2.02. The van der Waals surface area contributed by atoms with E-state index in [0.29, 0.717) is 0 Å². The normalized spacial score (nSPS) is 20.2. The van der Waals surface area contributed by atoms with Gasteiger partial charge in [0.2, 0.25) is 0 Å². The van der Waals surface area contributed by atoms with Crippen molar-refractivity contribution >= 4 is 11.6 Å². The predicted molar refractivity (Wildman–Crippen MR) is 65.1 cm³/mol. The summed E-state index contributed by atoms with van der Waals surface area (Å²) in [5.41, 5.74) is 1.48. The molecular formula is C14H20O2. The Labute approximate surface area is 97.4 Å². The van der Waals surface area contributed by atoms with Gasteiger partial charge in [-0.1, -0.05) is 27.7 Å². The molecule has 1 aliphatic rings. The maximum atomic E-state index is 11.9. The minimum Gasteiger partial charge on any atom is -0.290 e. The van der Waals surface area contributed by atoms with E-state index in [1.807, 2.05) is 27.7 Å². The van der Waals surface area contributed by atoms with E-state index in [-0.39, 0.29) is 23.4 Å². The van der Waals surface area contributed by atoms with Gasteiger partial charge in [0.05, 0.1) is 0 Å². The minimum absolute atomic E-state index is 0.0178. The molecule has 2 nitrogen and oxygen atoms in total. The van der Waals surface area contributed by atoms with Gasteiger partial charge in [-0.3, -0.25) is 9.59 Å². The van der Waals surface area contributed by atoms with Crippen LogP contribution in [0.2, 0.25) is 0 Å². The van der Waals surface area contributed by atoms with Crippen molar-refractivity contribution in [3.8, 4) is 0 Å². The highest BCUT2D eigenvalue weighted by Gasteiger charge is 2.28. The smallest absolute Gasteiger partial charge is 0.182 e. The molecule has 1 rings (SSSR count). The number of allylic oxidation sites excluding steroid dienone is 4. The number of carbonyl (C=O) groups is 2. The fourth-order valence-corrected chi connectivity index (χ4v) is 2.02. The van der Waals surface area contributed by atoms with Gasteiger partial charge in [0.1, 0.15) is 0 Å². The SMILES string of the molecule is CCC(C)C1=C(C(C)CC)C(=O)C=CC1=O. The van der Waals surface area contributed by atoms with Crippen LogP contribution in [0.5, 0.6) is 0 Å². The summed E-state index contributed by atoms with van der Waals surface area (Å²) < 4.78 is 0. The van der Waals surface area contributed by atoms with Crippen LogP contribution >= 0.6 is 0 Å². The Morgan fingerprint density at radius 1 is 0.875 bits per heavy atom. The first-order valence-electron chi connectivity index (χ1n) is 6.03. The van der Waals surface area contributed by atoms with Gasteiger partial charge in [0, 0.05) is 11.1 Å². The molecule has 0 amide bonds. The van der Waals surface area contributed by atoms with Crippen LogP contribution in [0, 0.1) is 11.8 Å². The molecule has 16 heavy (non-hydrogen) atoms. The van der Waals surface area contributed by atoms with Crippen molar-refractivity contribution < 1.29 is 9.59 Å². The molecule has 0 saturated carbocycles. The summed E-state index contributed by atoms with van der Waals surface area (Å²) in [6.45, 7) is 8.12. The summed E-state index contributed by atoms with van der Waals surface area (Å²) in [7, 11) is 0. The molecule has 2 unspecified atom stereocenters. The van der Waals surface area contributed by atoms with Crippen LogP contribution in [0.1, 0.15) is 40.5 Å². The van der Waals surface area contributed by atoms with E-state index < -0.39 is 0 Å². The zero-order valence-corrected chi connectivity index (χ0v) is 10.5. The van der Waals surface area contributed by atoms with Crippen LogP contribution in [-0.4, -0.2) is 11.6 Å². The standard InChI is InChI=1S/C14H20O2/c1-5-9(3)13-11(15)7-8-12(16)14(13)10(4)6-2/h7-10H,5-6H2,1-4H3. The summed E-state index contributed by atoms with van der Waals surface area (Å²) in [6, 6.07) is 0. The average Bonchev–Trinajstić information content (AvgIpc) is 2.29. The molecule has 1 aliphatic carbocycles. The summed E-state index contributed by atoms with van der Waals surface area (Å²) in [6.07, 6.45) is 4.61. The van der Waals surface area contributed by atoms with Crippen molar-refractivity contribution in [2.45, 2.75) is 40.5 Å². The molecule has 0 aliphatic heterocycles. The van der Waals surface area contributed by atoms with Crippen molar-refractivity contribution in [3.05, 3.63) is 23.3 Å². The quantitative estimate of drug-likeness (QED) is 0.682. The first kappa shape index (κ1) is 12.9. The lowest BCUT2D eigenvalue weighted by molar-refractivity contribution is -0.116. The van der Waals surface area contributed by atoms with Gasteiger partial charge in [-0.25, -0.2) is 0 Å².